The van der Waals surface area contributed by atoms with E-state index in [4.69, 9.17) is 16.3 Å². The predicted molar refractivity (Wildman–Crippen MR) is 57.7 cm³/mol. The number of hydrogen-bond acceptors (Lipinski definition) is 3. The molecule has 0 amide bonds. The maximum Gasteiger partial charge on any atom is 0.308 e. The van der Waals surface area contributed by atoms with E-state index < -0.39 is 5.60 Å². The second kappa shape index (κ2) is 4.66. The minimum absolute atomic E-state index is 0.228. The number of nitrogens with zero attached hydrogens (tertiary/aromatic N) is 2. The molecule has 84 valence electrons. The molecule has 0 saturated heterocycles. The number of rotatable bonds is 3. The van der Waals surface area contributed by atoms with Crippen LogP contribution in [-0.4, -0.2) is 21.4 Å². The van der Waals surface area contributed by atoms with E-state index in [9.17, 15) is 4.79 Å². The fourth-order valence-corrected chi connectivity index (χ4v) is 1.22. The molecule has 1 aromatic heterocycles. The van der Waals surface area contributed by atoms with Crippen LogP contribution in [0.3, 0.4) is 0 Å². The molecule has 0 unspecified atom stereocenters. The summed E-state index contributed by atoms with van der Waals surface area (Å²) < 4.78 is 6.77. The van der Waals surface area contributed by atoms with Crippen molar-refractivity contribution < 1.29 is 9.53 Å². The number of halogens is 1. The lowest BCUT2D eigenvalue weighted by molar-refractivity contribution is -0.155. The molecular formula is C10H15ClN2O2. The molecule has 0 N–H and O–H groups in total. The average molecular weight is 231 g/mol. The maximum atomic E-state index is 11.3. The molecule has 0 aliphatic heterocycles. The maximum absolute atomic E-state index is 11.3. The summed E-state index contributed by atoms with van der Waals surface area (Å²) in [7, 11) is 0. The van der Waals surface area contributed by atoms with E-state index >= 15 is 0 Å². The van der Waals surface area contributed by atoms with Crippen LogP contribution in [0.2, 0.25) is 5.02 Å². The number of esters is 1. The second-order valence-corrected chi connectivity index (χ2v) is 4.69. The number of aromatic nitrogens is 2. The SMILES string of the molecule is CC(C)(C)OC(=O)CCn1cc(Cl)cn1. The number of hydrogen-bond donors (Lipinski definition) is 0. The van der Waals surface area contributed by atoms with Crippen molar-refractivity contribution in [2.24, 2.45) is 0 Å². The summed E-state index contributed by atoms with van der Waals surface area (Å²) in [6, 6.07) is 0. The molecule has 1 heterocycles. The predicted octanol–water partition coefficient (Wildman–Crippen LogP) is 2.27. The lowest BCUT2D eigenvalue weighted by Gasteiger charge is -2.19. The monoisotopic (exact) mass is 230 g/mol. The molecule has 0 aromatic carbocycles. The van der Waals surface area contributed by atoms with Gasteiger partial charge in [-0.05, 0) is 20.8 Å². The smallest absolute Gasteiger partial charge is 0.308 e. The van der Waals surface area contributed by atoms with Crippen LogP contribution in [0.1, 0.15) is 27.2 Å². The van der Waals surface area contributed by atoms with Crippen LogP contribution >= 0.6 is 11.6 Å². The lowest BCUT2D eigenvalue weighted by Crippen LogP contribution is -2.24. The topological polar surface area (TPSA) is 44.1 Å². The average Bonchev–Trinajstić information content (AvgIpc) is 2.45. The van der Waals surface area contributed by atoms with Crippen molar-refractivity contribution in [3.05, 3.63) is 17.4 Å². The number of ether oxygens (including phenoxy) is 1. The van der Waals surface area contributed by atoms with Crippen LogP contribution < -0.4 is 0 Å². The van der Waals surface area contributed by atoms with Gasteiger partial charge in [0.1, 0.15) is 5.60 Å². The van der Waals surface area contributed by atoms with Crippen molar-refractivity contribution in [2.75, 3.05) is 0 Å². The molecule has 15 heavy (non-hydrogen) atoms. The summed E-state index contributed by atoms with van der Waals surface area (Å²) in [6.45, 7) is 6.02. The van der Waals surface area contributed by atoms with Crippen molar-refractivity contribution in [1.82, 2.24) is 9.78 Å². The molecule has 0 fully saturated rings. The minimum atomic E-state index is -0.432. The van der Waals surface area contributed by atoms with Gasteiger partial charge in [-0.25, -0.2) is 0 Å². The molecule has 0 spiro atoms. The van der Waals surface area contributed by atoms with Gasteiger partial charge >= 0.3 is 5.97 Å². The zero-order chi connectivity index (χ0) is 11.5. The van der Waals surface area contributed by atoms with Crippen molar-refractivity contribution in [3.63, 3.8) is 0 Å². The normalized spacial score (nSPS) is 11.5. The van der Waals surface area contributed by atoms with Gasteiger partial charge < -0.3 is 4.74 Å². The first-order valence-corrected chi connectivity index (χ1v) is 5.14. The standard InChI is InChI=1S/C10H15ClN2O2/c1-10(2,3)15-9(14)4-5-13-7-8(11)6-12-13/h6-7H,4-5H2,1-3H3. The molecule has 0 saturated carbocycles. The van der Waals surface area contributed by atoms with Gasteiger partial charge in [0.2, 0.25) is 0 Å². The van der Waals surface area contributed by atoms with E-state index in [2.05, 4.69) is 5.10 Å². The first kappa shape index (κ1) is 12.0. The third-order valence-electron chi connectivity index (χ3n) is 1.57. The van der Waals surface area contributed by atoms with Crippen LogP contribution in [0.5, 0.6) is 0 Å². The Morgan fingerprint density at radius 3 is 2.73 bits per heavy atom. The van der Waals surface area contributed by atoms with Crippen LogP contribution in [-0.2, 0) is 16.1 Å². The van der Waals surface area contributed by atoms with E-state index in [1.807, 2.05) is 20.8 Å². The van der Waals surface area contributed by atoms with Crippen LogP contribution in [0.15, 0.2) is 12.4 Å². The van der Waals surface area contributed by atoms with Crippen molar-refractivity contribution in [2.45, 2.75) is 39.3 Å². The number of aryl methyl sites for hydroxylation is 1. The summed E-state index contributed by atoms with van der Waals surface area (Å²) in [5.74, 6) is -0.228. The van der Waals surface area contributed by atoms with E-state index in [-0.39, 0.29) is 5.97 Å². The van der Waals surface area contributed by atoms with Crippen LogP contribution in [0.4, 0.5) is 0 Å². The molecule has 0 radical (unpaired) electrons. The fraction of sp³-hybridized carbons (Fsp3) is 0.600. The third-order valence-corrected chi connectivity index (χ3v) is 1.76. The Morgan fingerprint density at radius 1 is 1.60 bits per heavy atom. The Labute approximate surface area is 94.2 Å². The molecule has 0 atom stereocenters. The second-order valence-electron chi connectivity index (χ2n) is 4.26. The lowest BCUT2D eigenvalue weighted by atomic mass is 10.2. The van der Waals surface area contributed by atoms with E-state index in [1.165, 1.54) is 6.20 Å². The molecule has 0 bridgehead atoms. The Kier molecular flexibility index (Phi) is 3.74. The zero-order valence-corrected chi connectivity index (χ0v) is 9.91. The van der Waals surface area contributed by atoms with E-state index in [1.54, 1.807) is 10.9 Å². The van der Waals surface area contributed by atoms with Gasteiger partial charge in [-0.2, -0.15) is 5.10 Å². The summed E-state index contributed by atoms with van der Waals surface area (Å²) in [6.07, 6.45) is 3.51. The quantitative estimate of drug-likeness (QED) is 0.749. The van der Waals surface area contributed by atoms with Gasteiger partial charge in [0.15, 0.2) is 0 Å². The summed E-state index contributed by atoms with van der Waals surface area (Å²) in [4.78, 5) is 11.3. The number of carbonyl (C=O) groups is 1. The molecule has 1 rings (SSSR count). The van der Waals surface area contributed by atoms with Gasteiger partial charge in [-0.1, -0.05) is 11.6 Å². The Balaban J connectivity index is 2.35. The summed E-state index contributed by atoms with van der Waals surface area (Å²) in [5.41, 5.74) is -0.432. The van der Waals surface area contributed by atoms with Gasteiger partial charge in [-0.3, -0.25) is 9.48 Å². The first-order valence-electron chi connectivity index (χ1n) is 4.76. The highest BCUT2D eigenvalue weighted by molar-refractivity contribution is 6.30. The van der Waals surface area contributed by atoms with Gasteiger partial charge in [0.25, 0.3) is 0 Å². The van der Waals surface area contributed by atoms with Gasteiger partial charge in [-0.15, -0.1) is 0 Å². The fourth-order valence-electron chi connectivity index (χ4n) is 1.06. The largest absolute Gasteiger partial charge is 0.460 e. The minimum Gasteiger partial charge on any atom is -0.460 e. The van der Waals surface area contributed by atoms with E-state index in [0.717, 1.165) is 0 Å². The zero-order valence-electron chi connectivity index (χ0n) is 9.16. The summed E-state index contributed by atoms with van der Waals surface area (Å²) >= 11 is 5.68. The molecule has 5 heteroatoms. The van der Waals surface area contributed by atoms with Crippen molar-refractivity contribution in [3.8, 4) is 0 Å². The van der Waals surface area contributed by atoms with E-state index in [0.29, 0.717) is 18.0 Å². The van der Waals surface area contributed by atoms with Gasteiger partial charge in [0, 0.05) is 6.20 Å². The van der Waals surface area contributed by atoms with Crippen molar-refractivity contribution >= 4 is 17.6 Å². The summed E-state index contributed by atoms with van der Waals surface area (Å²) in [5, 5.41) is 4.53. The highest BCUT2D eigenvalue weighted by Gasteiger charge is 2.15. The Bertz CT molecular complexity index is 341. The molecule has 4 nitrogen and oxygen atoms in total. The Hall–Kier alpha value is -1.03. The van der Waals surface area contributed by atoms with Gasteiger partial charge in [0.05, 0.1) is 24.2 Å². The van der Waals surface area contributed by atoms with Crippen LogP contribution in [0.25, 0.3) is 0 Å². The molecule has 0 aliphatic carbocycles. The molecular weight excluding hydrogens is 216 g/mol. The van der Waals surface area contributed by atoms with Crippen LogP contribution in [0, 0.1) is 0 Å². The Morgan fingerprint density at radius 2 is 2.27 bits per heavy atom. The first-order chi connectivity index (χ1) is 6.87. The number of carbonyl (C=O) groups excluding carboxylic acids is 1. The van der Waals surface area contributed by atoms with Crippen molar-refractivity contribution in [1.29, 1.82) is 0 Å². The highest BCUT2D eigenvalue weighted by atomic mass is 35.5. The molecule has 1 aromatic rings. The third kappa shape index (κ3) is 4.83. The molecule has 0 aliphatic rings. The highest BCUT2D eigenvalue weighted by Crippen LogP contribution is 2.09.